The summed E-state index contributed by atoms with van der Waals surface area (Å²) < 4.78 is 0.763. The molecule has 0 radical (unpaired) electrons. The van der Waals surface area contributed by atoms with Crippen molar-refractivity contribution in [1.82, 2.24) is 15.0 Å². The normalized spacial score (nSPS) is 10.8. The summed E-state index contributed by atoms with van der Waals surface area (Å²) in [6.45, 7) is 0.462. The van der Waals surface area contributed by atoms with E-state index in [4.69, 9.17) is 12.2 Å². The highest BCUT2D eigenvalue weighted by molar-refractivity contribution is 7.17. The molecule has 4 N–H and O–H groups in total. The van der Waals surface area contributed by atoms with Gasteiger partial charge in [-0.05, 0) is 47.2 Å². The predicted octanol–water partition coefficient (Wildman–Crippen LogP) is 4.67. The standard InChI is InChI=1S/C25H18N6OS/c1-2-15-7-9-17(10-8-15)27-14-20-18-6-4-3-5-16(18)13-21(28-20)30-25(32)24-29-19-11-12-33-22(19)23(26)31-24/h1,3-13,27H,14H2,(H2,26,29,31)(H,28,30,32). The molecule has 0 fully saturated rings. The number of rotatable bonds is 5. The summed E-state index contributed by atoms with van der Waals surface area (Å²) in [4.78, 5) is 26.0. The Bertz CT molecular complexity index is 1530. The number of pyridine rings is 1. The van der Waals surface area contributed by atoms with Crippen molar-refractivity contribution in [3.8, 4) is 12.3 Å². The van der Waals surface area contributed by atoms with Crippen molar-refractivity contribution in [1.29, 1.82) is 0 Å². The van der Waals surface area contributed by atoms with Gasteiger partial charge in [-0.2, -0.15) is 0 Å². The van der Waals surface area contributed by atoms with Crippen LogP contribution in [0.25, 0.3) is 21.0 Å². The topological polar surface area (TPSA) is 106 Å². The van der Waals surface area contributed by atoms with Gasteiger partial charge in [0.2, 0.25) is 5.82 Å². The predicted molar refractivity (Wildman–Crippen MR) is 133 cm³/mol. The number of carbonyl (C=O) groups is 1. The largest absolute Gasteiger partial charge is 0.382 e. The molecule has 0 aliphatic heterocycles. The fourth-order valence-electron chi connectivity index (χ4n) is 3.50. The minimum Gasteiger partial charge on any atom is -0.382 e. The molecule has 160 valence electrons. The van der Waals surface area contributed by atoms with Crippen molar-refractivity contribution in [3.63, 3.8) is 0 Å². The summed E-state index contributed by atoms with van der Waals surface area (Å²) in [6, 6.07) is 19.1. The van der Waals surface area contributed by atoms with Gasteiger partial charge in [-0.15, -0.1) is 17.8 Å². The minimum atomic E-state index is -0.471. The van der Waals surface area contributed by atoms with Gasteiger partial charge in [0, 0.05) is 16.6 Å². The molecule has 0 saturated carbocycles. The maximum absolute atomic E-state index is 12.9. The molecule has 5 rings (SSSR count). The number of nitrogen functional groups attached to an aromatic ring is 1. The number of terminal acetylenes is 1. The highest BCUT2D eigenvalue weighted by atomic mass is 32.1. The van der Waals surface area contributed by atoms with Crippen molar-refractivity contribution in [2.75, 3.05) is 16.4 Å². The van der Waals surface area contributed by atoms with Crippen LogP contribution in [0.4, 0.5) is 17.3 Å². The lowest BCUT2D eigenvalue weighted by Gasteiger charge is -2.12. The number of thiophene rings is 1. The zero-order valence-corrected chi connectivity index (χ0v) is 18.2. The van der Waals surface area contributed by atoms with Gasteiger partial charge in [-0.3, -0.25) is 4.79 Å². The number of benzene rings is 2. The first-order valence-electron chi connectivity index (χ1n) is 10.1. The molecule has 0 bridgehead atoms. The Kier molecular flexibility index (Phi) is 5.30. The van der Waals surface area contributed by atoms with Crippen molar-refractivity contribution in [2.24, 2.45) is 0 Å². The van der Waals surface area contributed by atoms with Crippen molar-refractivity contribution >= 4 is 55.6 Å². The molecule has 33 heavy (non-hydrogen) atoms. The molecule has 0 spiro atoms. The van der Waals surface area contributed by atoms with Crippen LogP contribution in [-0.4, -0.2) is 20.9 Å². The van der Waals surface area contributed by atoms with Gasteiger partial charge in [0.25, 0.3) is 5.91 Å². The van der Waals surface area contributed by atoms with Crippen molar-refractivity contribution < 1.29 is 4.79 Å². The highest BCUT2D eigenvalue weighted by Crippen LogP contribution is 2.25. The summed E-state index contributed by atoms with van der Waals surface area (Å²) >= 11 is 1.44. The highest BCUT2D eigenvalue weighted by Gasteiger charge is 2.15. The first kappa shape index (κ1) is 20.4. The maximum atomic E-state index is 12.9. The van der Waals surface area contributed by atoms with Crippen LogP contribution in [0.15, 0.2) is 66.0 Å². The van der Waals surface area contributed by atoms with E-state index in [1.54, 1.807) is 0 Å². The second-order valence-electron chi connectivity index (χ2n) is 7.27. The fourth-order valence-corrected chi connectivity index (χ4v) is 4.23. The number of anilines is 3. The molecule has 2 aromatic carbocycles. The third kappa shape index (κ3) is 4.18. The number of nitrogens with two attached hydrogens (primary N) is 1. The van der Waals surface area contributed by atoms with E-state index in [0.717, 1.165) is 32.4 Å². The number of hydrogen-bond acceptors (Lipinski definition) is 7. The molecule has 0 aliphatic rings. The zero-order chi connectivity index (χ0) is 22.8. The Balaban J connectivity index is 1.43. The van der Waals surface area contributed by atoms with Gasteiger partial charge in [-0.25, -0.2) is 15.0 Å². The van der Waals surface area contributed by atoms with E-state index in [1.807, 2.05) is 66.0 Å². The Morgan fingerprint density at radius 2 is 1.88 bits per heavy atom. The Labute approximate surface area is 193 Å². The summed E-state index contributed by atoms with van der Waals surface area (Å²) in [5.74, 6) is 2.83. The molecule has 8 heteroatoms. The van der Waals surface area contributed by atoms with E-state index in [9.17, 15) is 4.79 Å². The van der Waals surface area contributed by atoms with Crippen LogP contribution in [-0.2, 0) is 6.54 Å². The molecule has 3 aromatic heterocycles. The molecule has 7 nitrogen and oxygen atoms in total. The third-order valence-electron chi connectivity index (χ3n) is 5.11. The van der Waals surface area contributed by atoms with Crippen molar-refractivity contribution in [3.05, 3.63) is 83.1 Å². The molecular formula is C25H18N6OS. The smallest absolute Gasteiger partial charge is 0.294 e. The SMILES string of the molecule is C#Cc1ccc(NCc2nc(NC(=O)c3nc(N)c4sccc4n3)cc3ccccc23)cc1. The lowest BCUT2D eigenvalue weighted by Crippen LogP contribution is -2.18. The molecule has 0 aliphatic carbocycles. The van der Waals surface area contributed by atoms with Crippen LogP contribution in [0.3, 0.4) is 0 Å². The molecule has 0 saturated heterocycles. The van der Waals surface area contributed by atoms with E-state index in [1.165, 1.54) is 11.3 Å². The van der Waals surface area contributed by atoms with E-state index < -0.39 is 5.91 Å². The van der Waals surface area contributed by atoms with Crippen LogP contribution >= 0.6 is 11.3 Å². The lowest BCUT2D eigenvalue weighted by molar-refractivity contribution is 0.101. The van der Waals surface area contributed by atoms with Gasteiger partial charge in [0.05, 0.1) is 22.5 Å². The van der Waals surface area contributed by atoms with E-state index in [0.29, 0.717) is 17.9 Å². The quantitative estimate of drug-likeness (QED) is 0.336. The molecule has 5 aromatic rings. The number of hydrogen-bond donors (Lipinski definition) is 3. The number of nitrogens with one attached hydrogen (secondary N) is 2. The Morgan fingerprint density at radius 3 is 2.70 bits per heavy atom. The molecule has 0 unspecified atom stereocenters. The Hall–Kier alpha value is -4.48. The van der Waals surface area contributed by atoms with Crippen molar-refractivity contribution in [2.45, 2.75) is 6.54 Å². The molecular weight excluding hydrogens is 432 g/mol. The minimum absolute atomic E-state index is 0.00152. The number of aromatic nitrogens is 3. The van der Waals surface area contributed by atoms with Gasteiger partial charge in [0.1, 0.15) is 11.6 Å². The average molecular weight is 451 g/mol. The molecule has 0 atom stereocenters. The first-order valence-corrected chi connectivity index (χ1v) is 11.0. The monoisotopic (exact) mass is 450 g/mol. The van der Waals surface area contributed by atoms with Crippen LogP contribution in [0.1, 0.15) is 21.9 Å². The van der Waals surface area contributed by atoms with E-state index in [2.05, 4.69) is 31.5 Å². The maximum Gasteiger partial charge on any atom is 0.294 e. The Morgan fingerprint density at radius 1 is 1.06 bits per heavy atom. The summed E-state index contributed by atoms with van der Waals surface area (Å²) in [7, 11) is 0. The second kappa shape index (κ2) is 8.57. The molecule has 1 amide bonds. The summed E-state index contributed by atoms with van der Waals surface area (Å²) in [6.07, 6.45) is 5.43. The van der Waals surface area contributed by atoms with Crippen LogP contribution in [0.5, 0.6) is 0 Å². The second-order valence-corrected chi connectivity index (χ2v) is 8.19. The number of nitrogens with zero attached hydrogens (tertiary/aromatic N) is 3. The zero-order valence-electron chi connectivity index (χ0n) is 17.4. The average Bonchev–Trinajstić information content (AvgIpc) is 3.32. The van der Waals surface area contributed by atoms with Gasteiger partial charge >= 0.3 is 0 Å². The van der Waals surface area contributed by atoms with Crippen LogP contribution in [0.2, 0.25) is 0 Å². The summed E-state index contributed by atoms with van der Waals surface area (Å²) in [5.41, 5.74) is 9.16. The fraction of sp³-hybridized carbons (Fsp3) is 0.0400. The lowest BCUT2D eigenvalue weighted by atomic mass is 10.1. The van der Waals surface area contributed by atoms with Crippen LogP contribution < -0.4 is 16.4 Å². The van der Waals surface area contributed by atoms with Gasteiger partial charge in [0.15, 0.2) is 0 Å². The molecule has 3 heterocycles. The summed E-state index contributed by atoms with van der Waals surface area (Å²) in [5, 5.41) is 9.98. The van der Waals surface area contributed by atoms with Crippen LogP contribution in [0, 0.1) is 12.3 Å². The first-order chi connectivity index (χ1) is 16.1. The van der Waals surface area contributed by atoms with Gasteiger partial charge < -0.3 is 16.4 Å². The van der Waals surface area contributed by atoms with E-state index >= 15 is 0 Å². The number of amides is 1. The number of carbonyl (C=O) groups excluding carboxylic acids is 1. The van der Waals surface area contributed by atoms with E-state index in [-0.39, 0.29) is 11.6 Å². The van der Waals surface area contributed by atoms with Gasteiger partial charge in [-0.1, -0.05) is 30.2 Å². The number of fused-ring (bicyclic) bond motifs is 2. The third-order valence-corrected chi connectivity index (χ3v) is 6.03.